The number of amidine groups is 1. The molecule has 1 atom stereocenters. The minimum Gasteiger partial charge on any atom is -0.462 e. The molecule has 1 unspecified atom stereocenters. The van der Waals surface area contributed by atoms with Gasteiger partial charge in [-0.25, -0.2) is 0 Å². The zero-order chi connectivity index (χ0) is 54.7. The van der Waals surface area contributed by atoms with E-state index in [2.05, 4.69) is 123 Å². The minimum atomic E-state index is -2.47. The van der Waals surface area contributed by atoms with E-state index in [1.54, 1.807) is 14.2 Å². The number of nitrogens with zero attached hydrogens (tertiary/aromatic N) is 4. The molecule has 1 amide bonds. The maximum Gasteiger partial charge on any atom is 0.293 e. The van der Waals surface area contributed by atoms with E-state index >= 15 is 0 Å². The number of carbonyl (C=O) groups excluding carboxylic acids is 4. The molecule has 0 saturated heterocycles. The molecule has 0 saturated carbocycles. The van der Waals surface area contributed by atoms with Crippen molar-refractivity contribution in [1.82, 2.24) is 26.0 Å². The quantitative estimate of drug-likeness (QED) is 0.0172. The summed E-state index contributed by atoms with van der Waals surface area (Å²) in [4.78, 5) is 55.6. The van der Waals surface area contributed by atoms with Gasteiger partial charge in [0, 0.05) is 13.5 Å². The first-order valence-electron chi connectivity index (χ1n) is 25.6. The summed E-state index contributed by atoms with van der Waals surface area (Å²) in [7, 11) is 3.44. The van der Waals surface area contributed by atoms with Crippen molar-refractivity contribution >= 4 is 59.1 Å². The second kappa shape index (κ2) is 44.8. The van der Waals surface area contributed by atoms with E-state index in [9.17, 15) is 19.2 Å². The van der Waals surface area contributed by atoms with Gasteiger partial charge in [-0.1, -0.05) is 87.0 Å². The Labute approximate surface area is 428 Å². The number of hydrogen-bond acceptors (Lipinski definition) is 12. The predicted molar refractivity (Wildman–Crippen MR) is 298 cm³/mol. The van der Waals surface area contributed by atoms with Gasteiger partial charge in [0.15, 0.2) is 0 Å². The van der Waals surface area contributed by atoms with Gasteiger partial charge in [0.2, 0.25) is 0 Å². The fourth-order valence-electron chi connectivity index (χ4n) is 5.52. The van der Waals surface area contributed by atoms with Crippen LogP contribution in [0.2, 0.25) is 14.8 Å². The molecule has 0 aliphatic carbocycles. The molecule has 0 heterocycles. The zero-order valence-corrected chi connectivity index (χ0v) is 51.5. The second-order valence-corrected chi connectivity index (χ2v) is 35.3. The molecule has 0 aliphatic heterocycles. The number of carbonyl (C=O) groups is 4. The third kappa shape index (κ3) is 52.6. The maximum absolute atomic E-state index is 13.1. The van der Waals surface area contributed by atoms with E-state index in [1.807, 2.05) is 75.3 Å². The van der Waals surface area contributed by atoms with Gasteiger partial charge in [0.25, 0.3) is 6.47 Å². The van der Waals surface area contributed by atoms with E-state index in [-0.39, 0.29) is 29.6 Å². The Kier molecular flexibility index (Phi) is 48.6. The minimum absolute atomic E-state index is 0.0157. The monoisotopic (exact) mass is 1090 g/mol. The van der Waals surface area contributed by atoms with Crippen molar-refractivity contribution in [2.24, 2.45) is 16.1 Å². The van der Waals surface area contributed by atoms with Crippen LogP contribution >= 0.6 is 0 Å². The Morgan fingerprint density at radius 2 is 1.30 bits per heavy atom. The van der Waals surface area contributed by atoms with Crippen molar-refractivity contribution in [2.45, 2.75) is 214 Å². The third-order valence-corrected chi connectivity index (χ3v) is 15.2. The normalized spacial score (nSPS) is 11.7. The molecule has 0 spiro atoms. The van der Waals surface area contributed by atoms with Crippen LogP contribution < -0.4 is 19.7 Å². The topological polar surface area (TPSA) is 163 Å². The van der Waals surface area contributed by atoms with E-state index in [1.165, 1.54) is 42.1 Å². The van der Waals surface area contributed by atoms with E-state index in [0.717, 1.165) is 49.3 Å². The summed E-state index contributed by atoms with van der Waals surface area (Å²) >= 11 is -2.47. The molecule has 1 aromatic carbocycles. The first-order chi connectivity index (χ1) is 32.0. The molecule has 0 aromatic heterocycles. The molecule has 14 nitrogen and oxygen atoms in total. The van der Waals surface area contributed by atoms with Gasteiger partial charge in [-0.05, 0) is 68.2 Å². The van der Waals surface area contributed by atoms with Crippen LogP contribution in [-0.4, -0.2) is 136 Å². The van der Waals surface area contributed by atoms with Crippen molar-refractivity contribution < 1.29 is 33.4 Å². The number of hydrazone groups is 2. The number of esters is 1. The van der Waals surface area contributed by atoms with Gasteiger partial charge < -0.3 is 19.0 Å². The van der Waals surface area contributed by atoms with Crippen LogP contribution in [0.3, 0.4) is 0 Å². The van der Waals surface area contributed by atoms with Gasteiger partial charge >= 0.3 is 204 Å². The summed E-state index contributed by atoms with van der Waals surface area (Å²) in [5.74, 6) is 1.29. The van der Waals surface area contributed by atoms with Crippen molar-refractivity contribution in [1.29, 1.82) is 0 Å². The van der Waals surface area contributed by atoms with Crippen LogP contribution in [0.25, 0.3) is 0 Å². The van der Waals surface area contributed by atoms with Crippen LogP contribution in [0, 0.1) is 5.92 Å². The van der Waals surface area contributed by atoms with Crippen molar-refractivity contribution in [3.8, 4) is 0 Å². The van der Waals surface area contributed by atoms with Gasteiger partial charge in [-0.15, -0.1) is 0 Å². The average molecular weight is 1090 g/mol. The maximum atomic E-state index is 13.1. The van der Waals surface area contributed by atoms with Gasteiger partial charge in [-0.3, -0.25) is 9.59 Å². The molecule has 1 rings (SSSR count). The first-order valence-corrected chi connectivity index (χ1v) is 35.6. The average Bonchev–Trinajstić information content (AvgIpc) is 3.24. The smallest absolute Gasteiger partial charge is 0.293 e. The number of hydrogen-bond donors (Lipinski definition) is 3. The fraction of sp³-hybridized carbons (Fsp3) is 0.778. The Morgan fingerprint density at radius 3 is 1.65 bits per heavy atom. The molecule has 69 heavy (non-hydrogen) atoms. The SMILES string of the molecule is C=NN/C(=N\NC)c1cc[c]([Sn]([CH3])([CH3])[CH3])c(CNC(=O)CN(CCC)CCN(CCC)CC(=O)OC(C)(C)C)c1.CC(C)(C)OC=O.CCC.CCC=O.CCCCCC(C)CC.COC(C)(C)C. The number of unbranched alkanes of at least 4 members (excludes halogenated alkanes) is 2. The van der Waals surface area contributed by atoms with Gasteiger partial charge in [0.1, 0.15) is 17.5 Å². The molecule has 15 heteroatoms. The molecular formula is C54H109N7O7Sn. The van der Waals surface area contributed by atoms with Crippen LogP contribution in [0.5, 0.6) is 0 Å². The van der Waals surface area contributed by atoms with Crippen LogP contribution in [0.1, 0.15) is 187 Å². The van der Waals surface area contributed by atoms with Crippen molar-refractivity contribution in [2.75, 3.05) is 53.4 Å². The molecule has 1 aromatic rings. The molecule has 0 aliphatic rings. The molecule has 3 N–H and O–H groups in total. The number of methoxy groups -OCH3 is 1. The Balaban J connectivity index is -0.000000377. The Hall–Kier alpha value is -3.08. The summed E-state index contributed by atoms with van der Waals surface area (Å²) in [6.45, 7) is 42.3. The number of benzene rings is 1. The number of nitrogens with one attached hydrogen (secondary N) is 3. The third-order valence-electron chi connectivity index (χ3n) is 9.20. The van der Waals surface area contributed by atoms with Gasteiger partial charge in [0.05, 0.1) is 5.60 Å². The van der Waals surface area contributed by atoms with E-state index in [0.29, 0.717) is 44.9 Å². The van der Waals surface area contributed by atoms with Crippen LogP contribution in [-0.2, 0) is 39.9 Å². The number of rotatable bonds is 24. The van der Waals surface area contributed by atoms with Crippen LogP contribution in [0.4, 0.5) is 0 Å². The second-order valence-electron chi connectivity index (χ2n) is 20.9. The first kappa shape index (κ1) is 74.9. The predicted octanol–water partition coefficient (Wildman–Crippen LogP) is 10.7. The van der Waals surface area contributed by atoms with E-state index < -0.39 is 24.0 Å². The van der Waals surface area contributed by atoms with E-state index in [4.69, 9.17) is 9.47 Å². The molecule has 406 valence electrons. The fourth-order valence-corrected chi connectivity index (χ4v) is 10.4. The standard InChI is InChI=1S/C26H44N7O3.C9H20.C5H10O2.C5H12O.C3H6O.C3H8.3CH3.Sn/c1-8-13-32(15-16-33(14-9-2)20-24(35)36-26(3,4)5)19-23(34)29-18-21-11-10-12-22(17-21)25(30-27-6)31-28-7;1-4-6-7-8-9(3)5-2;1-5(2,3)7-4-6;1-5(2,3)6-4;1-2-3-4;1-3-2;;;;/h10,12,17,28H,6,8-9,13-16,18-20H2,1-5,7H3,(H,29,34)(H,30,31);9H,4-8H2,1-3H3;4H,1-3H3;1-4H3;3H,2H2,1H3;3H2,1-2H3;3*1H3;. The molecule has 0 bridgehead atoms. The summed E-state index contributed by atoms with van der Waals surface area (Å²) < 4.78 is 16.4. The van der Waals surface area contributed by atoms with Crippen molar-refractivity contribution in [3.63, 3.8) is 0 Å². The number of ether oxygens (including phenoxy) is 3. The molecule has 0 fully saturated rings. The molecular weight excluding hydrogens is 977 g/mol. The zero-order valence-electron chi connectivity index (χ0n) is 48.6. The number of amides is 1. The van der Waals surface area contributed by atoms with Crippen LogP contribution in [0.15, 0.2) is 28.4 Å². The Morgan fingerprint density at radius 1 is 0.797 bits per heavy atom. The Bertz CT molecular complexity index is 1470. The summed E-state index contributed by atoms with van der Waals surface area (Å²) in [6, 6.07) is 6.29. The summed E-state index contributed by atoms with van der Waals surface area (Å²) in [5, 5.41) is 11.2. The number of aldehydes is 1. The molecule has 0 radical (unpaired) electrons. The van der Waals surface area contributed by atoms with Gasteiger partial charge in [-0.2, -0.15) is 0 Å². The summed E-state index contributed by atoms with van der Waals surface area (Å²) in [5.41, 5.74) is 6.83. The van der Waals surface area contributed by atoms with Crippen molar-refractivity contribution in [3.05, 3.63) is 29.3 Å². The largest absolute Gasteiger partial charge is 0.462 e. The summed E-state index contributed by atoms with van der Waals surface area (Å²) in [6.07, 6.45) is 11.6.